The average molecular weight is 880 g/mol. The van der Waals surface area contributed by atoms with E-state index in [1.807, 2.05) is 80.6 Å². The van der Waals surface area contributed by atoms with Crippen LogP contribution >= 0.6 is 0 Å². The molecule has 0 aliphatic heterocycles. The third-order valence-corrected chi connectivity index (χ3v) is 12.0. The van der Waals surface area contributed by atoms with Crippen molar-refractivity contribution < 1.29 is 27.0 Å². The van der Waals surface area contributed by atoms with Crippen LogP contribution in [0.25, 0.3) is 83.9 Å². The minimum absolute atomic E-state index is 0.0524. The van der Waals surface area contributed by atoms with Crippen molar-refractivity contribution in [1.82, 2.24) is 14.5 Å². The van der Waals surface area contributed by atoms with Crippen molar-refractivity contribution in [1.29, 1.82) is 0 Å². The maximum absolute atomic E-state index is 12.0. The van der Waals surface area contributed by atoms with E-state index in [1.165, 1.54) is 5.56 Å². The van der Waals surface area contributed by atoms with Crippen molar-refractivity contribution in [3.05, 3.63) is 192 Å². The second kappa shape index (κ2) is 16.7. The third-order valence-electron chi connectivity index (χ3n) is 12.0. The lowest BCUT2D eigenvalue weighted by Crippen LogP contribution is -2.13. The van der Waals surface area contributed by atoms with Gasteiger partial charge in [0, 0.05) is 35.2 Å². The molecule has 330 valence electrons. The molecule has 4 nitrogen and oxygen atoms in total. The Labute approximate surface area is 414 Å². The molecule has 1 N–H and O–H groups in total. The van der Waals surface area contributed by atoms with E-state index < -0.39 is 85.1 Å². The molecule has 0 radical (unpaired) electrons. The Hall–Kier alpha value is -7.04. The third kappa shape index (κ3) is 8.61. The number of aryl methyl sites for hydroxylation is 2. The van der Waals surface area contributed by atoms with Gasteiger partial charge in [0.05, 0.1) is 37.6 Å². The summed E-state index contributed by atoms with van der Waals surface area (Å²) in [5, 5.41) is 12.0. The minimum atomic E-state index is -3.93. The number of imidazole rings is 1. The second-order valence-electron chi connectivity index (χ2n) is 19.1. The van der Waals surface area contributed by atoms with Crippen molar-refractivity contribution in [3.63, 3.8) is 0 Å². The van der Waals surface area contributed by atoms with Crippen LogP contribution in [0.15, 0.2) is 164 Å². The summed E-state index contributed by atoms with van der Waals surface area (Å²) in [5.41, 5.74) is 3.58. The van der Waals surface area contributed by atoms with Crippen LogP contribution in [-0.2, 0) is 16.2 Å². The smallest absolute Gasteiger partial charge is 0.149 e. The number of nitrogens with zero attached hydrogens (tertiary/aromatic N) is 3. The topological polar surface area (TPSA) is 50.9 Å². The molecule has 0 unspecified atom stereocenters. The Balaban J connectivity index is 1.35. The lowest BCUT2D eigenvalue weighted by molar-refractivity contribution is 0.472. The van der Waals surface area contributed by atoms with Crippen molar-refractivity contribution in [2.24, 2.45) is 0 Å². The molecular formula is C62H61N3O. The first-order valence-corrected chi connectivity index (χ1v) is 21.9. The molecule has 0 atom stereocenters. The zero-order valence-corrected chi connectivity index (χ0v) is 38.3. The SMILES string of the molecule is [2H]c1nc(-c2cc(-c3ccccc3)cc(-c3cccc4c3nc(-c3cc(C)cc(C)c3O)n4-c3cc(C(C)(C)C)ccc3-c3ccc(C(C)(C)C)cc3)c2)c([2H])c(-c2c([2H])c([2H])c(C(C([2H])([2H])[2H])(C([2H])([2H])[2H])C([2H])([2H])[2H])c([2H])c2[2H])c1[2H]. The predicted octanol–water partition coefficient (Wildman–Crippen LogP) is 16.6. The van der Waals surface area contributed by atoms with Gasteiger partial charge in [0.1, 0.15) is 11.6 Å². The number of aromatic hydroxyl groups is 1. The number of aromatic nitrogens is 3. The highest BCUT2D eigenvalue weighted by atomic mass is 16.3. The van der Waals surface area contributed by atoms with Gasteiger partial charge in [-0.3, -0.25) is 9.55 Å². The number of hydrogen-bond acceptors (Lipinski definition) is 3. The molecule has 0 saturated carbocycles. The van der Waals surface area contributed by atoms with Crippen molar-refractivity contribution in [2.45, 2.75) is 92.2 Å². The first-order chi connectivity index (χ1) is 38.0. The highest BCUT2D eigenvalue weighted by Crippen LogP contribution is 2.44. The summed E-state index contributed by atoms with van der Waals surface area (Å²) >= 11 is 0. The van der Waals surface area contributed by atoms with E-state index in [4.69, 9.17) is 22.8 Å². The molecule has 7 aromatic carbocycles. The van der Waals surface area contributed by atoms with Gasteiger partial charge in [-0.25, -0.2) is 4.98 Å². The minimum Gasteiger partial charge on any atom is -0.507 e. The van der Waals surface area contributed by atoms with Crippen LogP contribution in [-0.4, -0.2) is 19.6 Å². The van der Waals surface area contributed by atoms with Gasteiger partial charge in [0.15, 0.2) is 0 Å². The lowest BCUT2D eigenvalue weighted by atomic mass is 9.84. The number of phenols is 1. The number of hydrogen-bond donors (Lipinski definition) is 1. The standard InChI is InChI=1S/C62H61N3O/c1-39-32-40(2)58(66)53(33-39)59-64-57-52(18-15-19-55(57)65(59)56-38-50(62(9,10)11)28-29-51(56)43-22-26-49(27-23-43)61(6,7)8)46-34-45(41-16-13-12-14-17-41)35-47(36-46)54-37-44(30-31-63-54)42-20-24-48(25-21-42)60(3,4)5/h12-38,66H,1-11H3/i3D3,4D3,5D3,20D,21D,24D,25D,30D,31D,37D. The normalized spacial score (nSPS) is 16.3. The molecule has 0 amide bonds. The van der Waals surface area contributed by atoms with Crippen LogP contribution in [0.4, 0.5) is 0 Å². The molecule has 0 spiro atoms. The van der Waals surface area contributed by atoms with Crippen molar-refractivity contribution in [2.75, 3.05) is 0 Å². The molecule has 0 saturated heterocycles. The molecule has 9 aromatic rings. The van der Waals surface area contributed by atoms with E-state index in [9.17, 15) is 9.22 Å². The Kier molecular flexibility index (Phi) is 7.30. The number of para-hydroxylation sites is 1. The van der Waals surface area contributed by atoms with Gasteiger partial charge < -0.3 is 5.11 Å². The lowest BCUT2D eigenvalue weighted by Gasteiger charge is -2.24. The van der Waals surface area contributed by atoms with E-state index >= 15 is 0 Å². The Morgan fingerprint density at radius 3 is 1.91 bits per heavy atom. The summed E-state index contributed by atoms with van der Waals surface area (Å²) in [6, 6.07) is 32.9. The maximum atomic E-state index is 12.0. The molecule has 0 aliphatic carbocycles. The quantitative estimate of drug-likeness (QED) is 0.173. The van der Waals surface area contributed by atoms with E-state index in [1.54, 1.807) is 12.1 Å². The fraction of sp³-hybridized carbons (Fsp3) is 0.226. The molecule has 4 heteroatoms. The van der Waals surface area contributed by atoms with Gasteiger partial charge in [-0.2, -0.15) is 0 Å². The van der Waals surface area contributed by atoms with Gasteiger partial charge in [-0.1, -0.05) is 171 Å². The second-order valence-corrected chi connectivity index (χ2v) is 19.1. The van der Waals surface area contributed by atoms with Gasteiger partial charge in [-0.15, -0.1) is 0 Å². The molecule has 2 heterocycles. The maximum Gasteiger partial charge on any atom is 0.149 e. The van der Waals surface area contributed by atoms with Gasteiger partial charge in [-0.05, 0) is 140 Å². The highest BCUT2D eigenvalue weighted by Gasteiger charge is 2.26. The summed E-state index contributed by atoms with van der Waals surface area (Å²) in [6.07, 6.45) is -0.740. The molecule has 0 bridgehead atoms. The van der Waals surface area contributed by atoms with Crippen LogP contribution in [0.3, 0.4) is 0 Å². The summed E-state index contributed by atoms with van der Waals surface area (Å²) in [6.45, 7) is 4.95. The number of fused-ring (bicyclic) bond motifs is 1. The van der Waals surface area contributed by atoms with Crippen LogP contribution in [0, 0.1) is 13.8 Å². The summed E-state index contributed by atoms with van der Waals surface area (Å²) in [4.78, 5) is 9.90. The highest BCUT2D eigenvalue weighted by molar-refractivity contribution is 5.98. The number of benzene rings is 7. The van der Waals surface area contributed by atoms with Crippen LogP contribution in [0.2, 0.25) is 0 Å². The van der Waals surface area contributed by atoms with E-state index in [0.717, 1.165) is 33.5 Å². The monoisotopic (exact) mass is 880 g/mol. The van der Waals surface area contributed by atoms with Crippen LogP contribution in [0.1, 0.15) is 112 Å². The number of phenolic OH excluding ortho intramolecular Hbond substituents is 1. The summed E-state index contributed by atoms with van der Waals surface area (Å²) < 4.78 is 141. The Bertz CT molecular complexity index is 3950. The first kappa shape index (κ1) is 28.8. The summed E-state index contributed by atoms with van der Waals surface area (Å²) in [5.74, 6) is 0.505. The fourth-order valence-electron chi connectivity index (χ4n) is 8.39. The molecule has 0 aliphatic rings. The Morgan fingerprint density at radius 2 is 1.21 bits per heavy atom. The van der Waals surface area contributed by atoms with E-state index in [0.29, 0.717) is 44.7 Å². The van der Waals surface area contributed by atoms with Crippen LogP contribution < -0.4 is 0 Å². The van der Waals surface area contributed by atoms with Gasteiger partial charge in [0.2, 0.25) is 0 Å². The number of rotatable bonds is 7. The van der Waals surface area contributed by atoms with Gasteiger partial charge >= 0.3 is 0 Å². The van der Waals surface area contributed by atoms with Gasteiger partial charge in [0.25, 0.3) is 0 Å². The number of pyridine rings is 1. The molecule has 2 aromatic heterocycles. The largest absolute Gasteiger partial charge is 0.507 e. The van der Waals surface area contributed by atoms with E-state index in [2.05, 4.69) is 93.6 Å². The van der Waals surface area contributed by atoms with E-state index in [-0.39, 0.29) is 27.8 Å². The average Bonchev–Trinajstić information content (AvgIpc) is 0.897. The van der Waals surface area contributed by atoms with Crippen molar-refractivity contribution >= 4 is 11.0 Å². The molecule has 0 fully saturated rings. The van der Waals surface area contributed by atoms with Crippen LogP contribution in [0.5, 0.6) is 5.75 Å². The first-order valence-electron chi connectivity index (χ1n) is 29.9. The summed E-state index contributed by atoms with van der Waals surface area (Å²) in [7, 11) is 0. The zero-order valence-electron chi connectivity index (χ0n) is 54.3. The predicted molar refractivity (Wildman–Crippen MR) is 279 cm³/mol. The fourth-order valence-corrected chi connectivity index (χ4v) is 8.39. The molecular weight excluding hydrogens is 803 g/mol. The molecule has 9 rings (SSSR count). The van der Waals surface area contributed by atoms with Crippen molar-refractivity contribution in [3.8, 4) is 78.6 Å². The zero-order chi connectivity index (χ0) is 60.3. The Morgan fingerprint density at radius 1 is 0.530 bits per heavy atom. The molecule has 66 heavy (non-hydrogen) atoms.